The predicted octanol–water partition coefficient (Wildman–Crippen LogP) is 1.05. The quantitative estimate of drug-likeness (QED) is 0.489. The average molecular weight is 276 g/mol. The van der Waals surface area contributed by atoms with Crippen molar-refractivity contribution in [3.63, 3.8) is 0 Å². The predicted molar refractivity (Wildman–Crippen MR) is 76.6 cm³/mol. The van der Waals surface area contributed by atoms with E-state index in [4.69, 9.17) is 5.73 Å². The molecule has 0 bridgehead atoms. The largest absolute Gasteiger partial charge is 0.378 e. The van der Waals surface area contributed by atoms with Crippen LogP contribution in [0.5, 0.6) is 0 Å². The third kappa shape index (κ3) is 4.85. The highest BCUT2D eigenvalue weighted by molar-refractivity contribution is 5.88. The van der Waals surface area contributed by atoms with Crippen molar-refractivity contribution in [1.29, 1.82) is 0 Å². The number of aliphatic hydroxyl groups is 1. The maximum Gasteiger partial charge on any atom is 0.254 e. The van der Waals surface area contributed by atoms with Gasteiger partial charge in [0.25, 0.3) is 5.91 Å². The molecular formula is C15H20N2O3. The fourth-order valence-corrected chi connectivity index (χ4v) is 1.79. The normalized spacial score (nSPS) is 13.2. The second-order valence-electron chi connectivity index (χ2n) is 4.50. The van der Waals surface area contributed by atoms with Gasteiger partial charge in [0, 0.05) is 0 Å². The minimum Gasteiger partial charge on any atom is -0.378 e. The van der Waals surface area contributed by atoms with Gasteiger partial charge < -0.3 is 16.2 Å². The summed E-state index contributed by atoms with van der Waals surface area (Å²) < 4.78 is 0. The summed E-state index contributed by atoms with van der Waals surface area (Å²) in [5, 5.41) is 12.4. The number of aliphatic hydroxyl groups excluding tert-OH is 1. The number of benzene rings is 1. The molecule has 2 amide bonds. The molecule has 2 atom stereocenters. The molecule has 0 radical (unpaired) electrons. The summed E-state index contributed by atoms with van der Waals surface area (Å²) in [5.41, 5.74) is 5.72. The second-order valence-corrected chi connectivity index (χ2v) is 4.50. The number of rotatable bonds is 8. The van der Waals surface area contributed by atoms with E-state index >= 15 is 0 Å². The summed E-state index contributed by atoms with van der Waals surface area (Å²) in [6, 6.07) is 7.74. The summed E-state index contributed by atoms with van der Waals surface area (Å²) in [6.07, 6.45) is 2.28. The molecule has 108 valence electrons. The van der Waals surface area contributed by atoms with Gasteiger partial charge in [-0.1, -0.05) is 36.4 Å². The minimum absolute atomic E-state index is 0.425. The zero-order chi connectivity index (χ0) is 15.0. The Labute approximate surface area is 118 Å². The highest BCUT2D eigenvalue weighted by atomic mass is 16.3. The summed E-state index contributed by atoms with van der Waals surface area (Å²) >= 11 is 0. The van der Waals surface area contributed by atoms with Crippen LogP contribution in [0, 0.1) is 0 Å². The number of primary amides is 1. The summed E-state index contributed by atoms with van der Waals surface area (Å²) in [6.45, 7) is 3.59. The molecule has 0 aromatic heterocycles. The van der Waals surface area contributed by atoms with Gasteiger partial charge in [0.1, 0.15) is 6.04 Å². The average Bonchev–Trinajstić information content (AvgIpc) is 2.46. The van der Waals surface area contributed by atoms with E-state index in [2.05, 4.69) is 11.9 Å². The van der Waals surface area contributed by atoms with Gasteiger partial charge in [0.05, 0.1) is 0 Å². The van der Waals surface area contributed by atoms with Crippen molar-refractivity contribution in [2.24, 2.45) is 5.73 Å². The SMILES string of the molecule is C=CCCC[C@H](NC(=O)[C@@H](O)c1ccccc1)C(N)=O. The van der Waals surface area contributed by atoms with E-state index in [-0.39, 0.29) is 0 Å². The van der Waals surface area contributed by atoms with Crippen LogP contribution in [0.2, 0.25) is 0 Å². The van der Waals surface area contributed by atoms with Gasteiger partial charge in [-0.05, 0) is 24.8 Å². The van der Waals surface area contributed by atoms with Crippen LogP contribution in [0.1, 0.15) is 30.9 Å². The molecule has 0 spiro atoms. The molecule has 0 fully saturated rings. The molecule has 0 heterocycles. The Hall–Kier alpha value is -2.14. The lowest BCUT2D eigenvalue weighted by atomic mass is 10.1. The van der Waals surface area contributed by atoms with Gasteiger partial charge in [-0.15, -0.1) is 6.58 Å². The first-order valence-corrected chi connectivity index (χ1v) is 6.50. The van der Waals surface area contributed by atoms with Gasteiger partial charge in [0.15, 0.2) is 6.10 Å². The maximum absolute atomic E-state index is 11.9. The summed E-state index contributed by atoms with van der Waals surface area (Å²) in [5.74, 6) is -1.23. The van der Waals surface area contributed by atoms with Crippen LogP contribution in [-0.2, 0) is 9.59 Å². The molecule has 5 heteroatoms. The molecule has 0 aliphatic rings. The molecule has 0 unspecified atom stereocenters. The molecular weight excluding hydrogens is 256 g/mol. The number of hydrogen-bond donors (Lipinski definition) is 3. The molecule has 0 aliphatic carbocycles. The molecule has 0 saturated carbocycles. The number of hydrogen-bond acceptors (Lipinski definition) is 3. The smallest absolute Gasteiger partial charge is 0.254 e. The second kappa shape index (κ2) is 8.12. The number of allylic oxidation sites excluding steroid dienone is 1. The zero-order valence-corrected chi connectivity index (χ0v) is 11.3. The Morgan fingerprint density at radius 1 is 1.35 bits per heavy atom. The Kier molecular flexibility index (Phi) is 6.46. The lowest BCUT2D eigenvalue weighted by Gasteiger charge is -2.18. The molecule has 0 saturated heterocycles. The Balaban J connectivity index is 2.61. The van der Waals surface area contributed by atoms with Crippen molar-refractivity contribution in [3.05, 3.63) is 48.6 Å². The van der Waals surface area contributed by atoms with Crippen molar-refractivity contribution in [3.8, 4) is 0 Å². The number of amides is 2. The molecule has 1 aromatic rings. The van der Waals surface area contributed by atoms with Crippen LogP contribution in [-0.4, -0.2) is 23.0 Å². The van der Waals surface area contributed by atoms with E-state index in [0.29, 0.717) is 18.4 Å². The van der Waals surface area contributed by atoms with Crippen LogP contribution >= 0.6 is 0 Å². The standard InChI is InChI=1S/C15H20N2O3/c1-2-3-5-10-12(14(16)19)17-15(20)13(18)11-8-6-4-7-9-11/h2,4,6-9,12-13,18H,1,3,5,10H2,(H2,16,19)(H,17,20)/t12-,13-/m0/s1. The molecule has 5 nitrogen and oxygen atoms in total. The molecule has 1 aromatic carbocycles. The summed E-state index contributed by atoms with van der Waals surface area (Å²) in [4.78, 5) is 23.2. The zero-order valence-electron chi connectivity index (χ0n) is 11.3. The van der Waals surface area contributed by atoms with Gasteiger partial charge in [0.2, 0.25) is 5.91 Å². The van der Waals surface area contributed by atoms with Crippen LogP contribution in [0.15, 0.2) is 43.0 Å². The van der Waals surface area contributed by atoms with E-state index in [1.807, 2.05) is 0 Å². The van der Waals surface area contributed by atoms with Crippen molar-refractivity contribution >= 4 is 11.8 Å². The Bertz CT molecular complexity index is 459. The Morgan fingerprint density at radius 3 is 2.55 bits per heavy atom. The number of nitrogens with one attached hydrogen (secondary N) is 1. The van der Waals surface area contributed by atoms with Crippen molar-refractivity contribution in [2.45, 2.75) is 31.4 Å². The number of carbonyl (C=O) groups is 2. The van der Waals surface area contributed by atoms with Crippen LogP contribution < -0.4 is 11.1 Å². The van der Waals surface area contributed by atoms with E-state index in [9.17, 15) is 14.7 Å². The first kappa shape index (κ1) is 15.9. The lowest BCUT2D eigenvalue weighted by molar-refractivity contribution is -0.133. The van der Waals surface area contributed by atoms with E-state index < -0.39 is 24.0 Å². The monoisotopic (exact) mass is 276 g/mol. The number of carbonyl (C=O) groups excluding carboxylic acids is 2. The van der Waals surface area contributed by atoms with Crippen molar-refractivity contribution < 1.29 is 14.7 Å². The van der Waals surface area contributed by atoms with Gasteiger partial charge in [-0.3, -0.25) is 9.59 Å². The van der Waals surface area contributed by atoms with E-state index in [1.165, 1.54) is 0 Å². The first-order valence-electron chi connectivity index (χ1n) is 6.50. The number of unbranched alkanes of at least 4 members (excludes halogenated alkanes) is 1. The molecule has 20 heavy (non-hydrogen) atoms. The number of nitrogens with two attached hydrogens (primary N) is 1. The lowest BCUT2D eigenvalue weighted by Crippen LogP contribution is -2.46. The topological polar surface area (TPSA) is 92.4 Å². The maximum atomic E-state index is 11.9. The third-order valence-corrected chi connectivity index (χ3v) is 2.92. The summed E-state index contributed by atoms with van der Waals surface area (Å²) in [7, 11) is 0. The minimum atomic E-state index is -1.31. The Morgan fingerprint density at radius 2 is 2.00 bits per heavy atom. The van der Waals surface area contributed by atoms with Gasteiger partial charge >= 0.3 is 0 Å². The van der Waals surface area contributed by atoms with E-state index in [0.717, 1.165) is 6.42 Å². The van der Waals surface area contributed by atoms with Crippen molar-refractivity contribution in [1.82, 2.24) is 5.32 Å². The van der Waals surface area contributed by atoms with Crippen LogP contribution in [0.25, 0.3) is 0 Å². The molecule has 0 aliphatic heterocycles. The van der Waals surface area contributed by atoms with Gasteiger partial charge in [-0.2, -0.15) is 0 Å². The fraction of sp³-hybridized carbons (Fsp3) is 0.333. The molecule has 1 rings (SSSR count). The fourth-order valence-electron chi connectivity index (χ4n) is 1.79. The molecule has 4 N–H and O–H groups in total. The third-order valence-electron chi connectivity index (χ3n) is 2.92. The highest BCUT2D eigenvalue weighted by Crippen LogP contribution is 2.12. The van der Waals surface area contributed by atoms with Crippen LogP contribution in [0.3, 0.4) is 0 Å². The first-order chi connectivity index (χ1) is 9.56. The van der Waals surface area contributed by atoms with E-state index in [1.54, 1.807) is 36.4 Å². The van der Waals surface area contributed by atoms with Crippen LogP contribution in [0.4, 0.5) is 0 Å². The highest BCUT2D eigenvalue weighted by Gasteiger charge is 2.23. The van der Waals surface area contributed by atoms with Crippen molar-refractivity contribution in [2.75, 3.05) is 0 Å². The van der Waals surface area contributed by atoms with Gasteiger partial charge in [-0.25, -0.2) is 0 Å².